The zero-order valence-corrected chi connectivity index (χ0v) is 15.3. The Hall–Kier alpha value is -2.61. The maximum Gasteiger partial charge on any atom is 0.249 e. The predicted octanol–water partition coefficient (Wildman–Crippen LogP) is 5.85. The molecule has 1 amide bonds. The summed E-state index contributed by atoms with van der Waals surface area (Å²) in [6.07, 6.45) is 0. The van der Waals surface area contributed by atoms with Gasteiger partial charge in [-0.05, 0) is 50.9 Å². The normalized spacial score (nSPS) is 11.4. The second kappa shape index (κ2) is 6.72. The van der Waals surface area contributed by atoms with Crippen LogP contribution >= 0.6 is 0 Å². The maximum absolute atomic E-state index is 12.3. The van der Waals surface area contributed by atoms with Gasteiger partial charge in [-0.15, -0.1) is 0 Å². The molecule has 0 heterocycles. The first-order valence-corrected chi connectivity index (χ1v) is 8.86. The van der Waals surface area contributed by atoms with Gasteiger partial charge in [0.15, 0.2) is 0 Å². The Morgan fingerprint density at radius 2 is 1.52 bits per heavy atom. The molecule has 25 heavy (non-hydrogen) atoms. The molecule has 0 saturated heterocycles. The van der Waals surface area contributed by atoms with Crippen molar-refractivity contribution in [2.24, 2.45) is 5.73 Å². The molecule has 0 aliphatic rings. The van der Waals surface area contributed by atoms with E-state index in [0.29, 0.717) is 11.5 Å². The summed E-state index contributed by atoms with van der Waals surface area (Å²) in [5.41, 5.74) is 11.1. The van der Waals surface area contributed by atoms with Crippen LogP contribution in [0.2, 0.25) is 0 Å². The maximum atomic E-state index is 12.3. The zero-order valence-electron chi connectivity index (χ0n) is 15.3. The number of nitrogens with two attached hydrogens (primary N) is 1. The number of rotatable bonds is 4. The molecule has 3 aromatic carbocycles. The van der Waals surface area contributed by atoms with E-state index in [9.17, 15) is 4.79 Å². The molecule has 0 fully saturated rings. The Balaban J connectivity index is 2.35. The molecular formula is C23H25NO. The topological polar surface area (TPSA) is 43.1 Å². The lowest BCUT2D eigenvalue weighted by molar-refractivity contribution is 0.100. The fourth-order valence-corrected chi connectivity index (χ4v) is 3.62. The first kappa shape index (κ1) is 17.2. The zero-order chi connectivity index (χ0) is 18.1. The number of hydrogen-bond acceptors (Lipinski definition) is 1. The Morgan fingerprint density at radius 1 is 0.840 bits per heavy atom. The number of hydrogen-bond donors (Lipinski definition) is 1. The third-order valence-electron chi connectivity index (χ3n) is 4.77. The van der Waals surface area contributed by atoms with Crippen molar-refractivity contribution < 1.29 is 4.79 Å². The van der Waals surface area contributed by atoms with Gasteiger partial charge >= 0.3 is 0 Å². The number of fused-ring (bicyclic) bond motifs is 1. The largest absolute Gasteiger partial charge is 0.366 e. The summed E-state index contributed by atoms with van der Waals surface area (Å²) < 4.78 is 0. The highest BCUT2D eigenvalue weighted by Gasteiger charge is 2.21. The van der Waals surface area contributed by atoms with Gasteiger partial charge < -0.3 is 5.73 Å². The van der Waals surface area contributed by atoms with E-state index in [1.54, 1.807) is 0 Å². The molecular weight excluding hydrogens is 306 g/mol. The van der Waals surface area contributed by atoms with E-state index < -0.39 is 0 Å². The van der Waals surface area contributed by atoms with Crippen LogP contribution in [0.25, 0.3) is 21.9 Å². The lowest BCUT2D eigenvalue weighted by Gasteiger charge is -2.21. The lowest BCUT2D eigenvalue weighted by atomic mass is 9.83. The Labute approximate surface area is 149 Å². The average molecular weight is 331 g/mol. The quantitative estimate of drug-likeness (QED) is 0.640. The third-order valence-corrected chi connectivity index (χ3v) is 4.77. The van der Waals surface area contributed by atoms with Crippen molar-refractivity contribution in [3.05, 3.63) is 71.3 Å². The number of benzene rings is 3. The third kappa shape index (κ3) is 3.17. The summed E-state index contributed by atoms with van der Waals surface area (Å²) in [7, 11) is 0. The fraction of sp³-hybridized carbons (Fsp3) is 0.261. The standard InChI is InChI=1S/C23H25NO/c1-14(2)20-13-18-12-17(16-8-6-5-7-9-16)10-11-19(18)22(23(24)25)21(20)15(3)4/h5-15H,1-4H3,(H2,24,25). The van der Waals surface area contributed by atoms with E-state index >= 15 is 0 Å². The van der Waals surface area contributed by atoms with Crippen molar-refractivity contribution in [3.63, 3.8) is 0 Å². The molecule has 3 aromatic rings. The van der Waals surface area contributed by atoms with Crippen LogP contribution in [0.15, 0.2) is 54.6 Å². The van der Waals surface area contributed by atoms with Crippen LogP contribution in [0.5, 0.6) is 0 Å². The summed E-state index contributed by atoms with van der Waals surface area (Å²) in [5.74, 6) is 0.238. The number of amides is 1. The Bertz CT molecular complexity index is 924. The van der Waals surface area contributed by atoms with Gasteiger partial charge in [0.05, 0.1) is 5.56 Å². The highest BCUT2D eigenvalue weighted by molar-refractivity contribution is 6.09. The minimum absolute atomic E-state index is 0.248. The van der Waals surface area contributed by atoms with E-state index in [1.807, 2.05) is 24.3 Å². The molecule has 128 valence electrons. The molecule has 0 unspecified atom stereocenters. The molecule has 0 saturated carbocycles. The minimum Gasteiger partial charge on any atom is -0.366 e. The van der Waals surface area contributed by atoms with Gasteiger partial charge in [0.25, 0.3) is 0 Å². The molecule has 2 N–H and O–H groups in total. The van der Waals surface area contributed by atoms with Crippen LogP contribution in [-0.4, -0.2) is 5.91 Å². The summed E-state index contributed by atoms with van der Waals surface area (Å²) >= 11 is 0. The van der Waals surface area contributed by atoms with Crippen molar-refractivity contribution in [2.45, 2.75) is 39.5 Å². The minimum atomic E-state index is -0.344. The number of carbonyl (C=O) groups is 1. The number of carbonyl (C=O) groups excluding carboxylic acids is 1. The van der Waals surface area contributed by atoms with Gasteiger partial charge in [0.1, 0.15) is 0 Å². The summed E-state index contributed by atoms with van der Waals surface area (Å²) in [4.78, 5) is 12.3. The fourth-order valence-electron chi connectivity index (χ4n) is 3.62. The highest BCUT2D eigenvalue weighted by atomic mass is 16.1. The molecule has 2 nitrogen and oxygen atoms in total. The molecule has 0 aliphatic heterocycles. The Kier molecular flexibility index (Phi) is 4.63. The van der Waals surface area contributed by atoms with Crippen LogP contribution in [0, 0.1) is 0 Å². The second-order valence-electron chi connectivity index (χ2n) is 7.23. The van der Waals surface area contributed by atoms with Crippen molar-refractivity contribution in [2.75, 3.05) is 0 Å². The molecule has 0 aliphatic carbocycles. The first-order valence-electron chi connectivity index (χ1n) is 8.86. The van der Waals surface area contributed by atoms with E-state index in [-0.39, 0.29) is 11.8 Å². The van der Waals surface area contributed by atoms with E-state index in [4.69, 9.17) is 5.73 Å². The molecule has 0 atom stereocenters. The summed E-state index contributed by atoms with van der Waals surface area (Å²) in [5, 5.41) is 2.02. The van der Waals surface area contributed by atoms with Crippen LogP contribution in [0.4, 0.5) is 0 Å². The predicted molar refractivity (Wildman–Crippen MR) is 106 cm³/mol. The SMILES string of the molecule is CC(C)c1cc2cc(-c3ccccc3)ccc2c(C(N)=O)c1C(C)C. The van der Waals surface area contributed by atoms with Crippen LogP contribution < -0.4 is 5.73 Å². The van der Waals surface area contributed by atoms with Crippen molar-refractivity contribution in [1.29, 1.82) is 0 Å². The van der Waals surface area contributed by atoms with Gasteiger partial charge in [-0.2, -0.15) is 0 Å². The average Bonchev–Trinajstić information content (AvgIpc) is 2.59. The van der Waals surface area contributed by atoms with Crippen molar-refractivity contribution in [3.8, 4) is 11.1 Å². The highest BCUT2D eigenvalue weighted by Crippen LogP contribution is 2.36. The summed E-state index contributed by atoms with van der Waals surface area (Å²) in [6.45, 7) is 8.58. The number of primary amides is 1. The van der Waals surface area contributed by atoms with Crippen LogP contribution in [-0.2, 0) is 0 Å². The van der Waals surface area contributed by atoms with Crippen molar-refractivity contribution in [1.82, 2.24) is 0 Å². The molecule has 3 rings (SSSR count). The van der Waals surface area contributed by atoms with Gasteiger partial charge in [-0.1, -0.05) is 76.2 Å². The molecule has 0 spiro atoms. The molecule has 2 heteroatoms. The van der Waals surface area contributed by atoms with Crippen molar-refractivity contribution >= 4 is 16.7 Å². The van der Waals surface area contributed by atoms with Gasteiger partial charge in [-0.3, -0.25) is 4.79 Å². The Morgan fingerprint density at radius 3 is 2.08 bits per heavy atom. The lowest BCUT2D eigenvalue weighted by Crippen LogP contribution is -2.17. The summed E-state index contributed by atoms with van der Waals surface area (Å²) in [6, 6.07) is 18.8. The van der Waals surface area contributed by atoms with Gasteiger partial charge in [0, 0.05) is 0 Å². The molecule has 0 bridgehead atoms. The van der Waals surface area contributed by atoms with Crippen LogP contribution in [0.1, 0.15) is 61.0 Å². The monoisotopic (exact) mass is 331 g/mol. The van der Waals surface area contributed by atoms with E-state index in [1.165, 1.54) is 11.1 Å². The second-order valence-corrected chi connectivity index (χ2v) is 7.23. The van der Waals surface area contributed by atoms with E-state index in [2.05, 4.69) is 58.0 Å². The van der Waals surface area contributed by atoms with Gasteiger partial charge in [-0.25, -0.2) is 0 Å². The molecule has 0 radical (unpaired) electrons. The first-order chi connectivity index (χ1) is 11.9. The van der Waals surface area contributed by atoms with Gasteiger partial charge in [0.2, 0.25) is 5.91 Å². The van der Waals surface area contributed by atoms with Crippen LogP contribution in [0.3, 0.4) is 0 Å². The molecule has 0 aromatic heterocycles. The van der Waals surface area contributed by atoms with E-state index in [0.717, 1.165) is 21.9 Å². The smallest absolute Gasteiger partial charge is 0.249 e.